The first-order valence-electron chi connectivity index (χ1n) is 15.0. The zero-order valence-corrected chi connectivity index (χ0v) is 25.2. The van der Waals surface area contributed by atoms with Crippen LogP contribution in [0.1, 0.15) is 57.7 Å². The predicted octanol–water partition coefficient (Wildman–Crippen LogP) is 4.38. The molecule has 1 aromatic carbocycles. The molecular weight excluding hydrogens is 537 g/mol. The van der Waals surface area contributed by atoms with E-state index in [1.165, 1.54) is 6.07 Å². The number of carbonyl (C=O) groups excluding carboxylic acids is 1. The van der Waals surface area contributed by atoms with Crippen molar-refractivity contribution in [3.8, 4) is 12.1 Å². The Morgan fingerprint density at radius 1 is 1.10 bits per heavy atom. The largest absolute Gasteiger partial charge is 0.462 e. The van der Waals surface area contributed by atoms with Crippen LogP contribution in [0.4, 0.5) is 20.7 Å². The van der Waals surface area contributed by atoms with Crippen molar-refractivity contribution in [3.63, 3.8) is 0 Å². The van der Waals surface area contributed by atoms with Crippen LogP contribution in [0.3, 0.4) is 0 Å². The molecule has 11 heteroatoms. The summed E-state index contributed by atoms with van der Waals surface area (Å²) < 4.78 is 26.7. The molecule has 0 N–H and O–H groups in total. The zero-order chi connectivity index (χ0) is 29.9. The summed E-state index contributed by atoms with van der Waals surface area (Å²) >= 11 is 0. The predicted molar refractivity (Wildman–Crippen MR) is 158 cm³/mol. The average molecular weight is 580 g/mol. The van der Waals surface area contributed by atoms with Crippen molar-refractivity contribution >= 4 is 17.6 Å². The van der Waals surface area contributed by atoms with Crippen LogP contribution in [0.25, 0.3) is 0 Å². The highest BCUT2D eigenvalue weighted by molar-refractivity contribution is 5.69. The van der Waals surface area contributed by atoms with Crippen molar-refractivity contribution in [1.29, 1.82) is 5.26 Å². The number of halogens is 1. The number of likely N-dealkylation sites (N-methyl/N-ethyl adjacent to an activating group) is 1. The van der Waals surface area contributed by atoms with E-state index in [1.807, 2.05) is 31.7 Å². The van der Waals surface area contributed by atoms with Crippen molar-refractivity contribution < 1.29 is 18.7 Å². The van der Waals surface area contributed by atoms with Crippen LogP contribution < -0.4 is 14.5 Å². The molecule has 2 aromatic rings. The molecule has 0 spiro atoms. The second-order valence-corrected chi connectivity index (χ2v) is 12.5. The summed E-state index contributed by atoms with van der Waals surface area (Å²) in [6.45, 7) is 9.56. The monoisotopic (exact) mass is 579 g/mol. The van der Waals surface area contributed by atoms with Crippen LogP contribution in [0, 0.1) is 17.1 Å². The maximum Gasteiger partial charge on any atom is 0.410 e. The van der Waals surface area contributed by atoms with E-state index < -0.39 is 11.7 Å². The first-order valence-corrected chi connectivity index (χ1v) is 15.0. The highest BCUT2D eigenvalue weighted by Gasteiger charge is 2.36. The number of rotatable bonds is 6. The van der Waals surface area contributed by atoms with E-state index in [2.05, 4.69) is 22.9 Å². The molecular formula is C31H42FN7O3. The minimum absolute atomic E-state index is 0.182. The summed E-state index contributed by atoms with van der Waals surface area (Å²) in [5.74, 6) is 0.519. The third kappa shape index (κ3) is 6.86. The Bertz CT molecular complexity index is 1310. The molecule has 2 atom stereocenters. The van der Waals surface area contributed by atoms with Gasteiger partial charge in [0, 0.05) is 37.8 Å². The Kier molecular flexibility index (Phi) is 9.02. The van der Waals surface area contributed by atoms with Crippen LogP contribution in [0.5, 0.6) is 6.01 Å². The number of ether oxygens (including phenoxy) is 2. The number of likely N-dealkylation sites (tertiary alicyclic amines) is 1. The number of benzene rings is 1. The summed E-state index contributed by atoms with van der Waals surface area (Å²) in [6.07, 6.45) is 3.52. The summed E-state index contributed by atoms with van der Waals surface area (Å²) in [5, 5.41) is 9.60. The van der Waals surface area contributed by atoms with Crippen molar-refractivity contribution in [2.75, 3.05) is 56.2 Å². The van der Waals surface area contributed by atoms with Crippen LogP contribution in [-0.4, -0.2) is 89.9 Å². The van der Waals surface area contributed by atoms with Gasteiger partial charge in [-0.25, -0.2) is 9.18 Å². The number of aromatic nitrogens is 2. The van der Waals surface area contributed by atoms with Gasteiger partial charge in [0.25, 0.3) is 0 Å². The quantitative estimate of drug-likeness (QED) is 0.494. The van der Waals surface area contributed by atoms with E-state index in [9.17, 15) is 14.4 Å². The number of fused-ring (bicyclic) bond motifs is 1. The van der Waals surface area contributed by atoms with Gasteiger partial charge in [-0.1, -0.05) is 12.1 Å². The number of nitrogens with zero attached hydrogens (tertiary/aromatic N) is 7. The Balaban J connectivity index is 1.45. The van der Waals surface area contributed by atoms with Gasteiger partial charge in [0.15, 0.2) is 0 Å². The highest BCUT2D eigenvalue weighted by atomic mass is 19.1. The van der Waals surface area contributed by atoms with Crippen molar-refractivity contribution in [2.45, 2.75) is 77.1 Å². The number of hydrogen-bond acceptors (Lipinski definition) is 9. The molecule has 2 saturated heterocycles. The molecule has 3 aliphatic rings. The second kappa shape index (κ2) is 12.7. The van der Waals surface area contributed by atoms with Crippen LogP contribution in [-0.2, 0) is 17.7 Å². The van der Waals surface area contributed by atoms with Gasteiger partial charge in [-0.2, -0.15) is 15.2 Å². The number of piperazine rings is 1. The van der Waals surface area contributed by atoms with E-state index in [1.54, 1.807) is 17.0 Å². The molecule has 5 rings (SSSR count). The van der Waals surface area contributed by atoms with E-state index in [0.717, 1.165) is 49.3 Å². The number of nitriles is 1. The fraction of sp³-hybridized carbons (Fsp3) is 0.613. The second-order valence-electron chi connectivity index (χ2n) is 12.5. The molecule has 4 heterocycles. The topological polar surface area (TPSA) is 98.1 Å². The summed E-state index contributed by atoms with van der Waals surface area (Å²) in [6, 6.07) is 9.36. The van der Waals surface area contributed by atoms with Crippen LogP contribution >= 0.6 is 0 Å². The third-order valence-corrected chi connectivity index (χ3v) is 8.25. The van der Waals surface area contributed by atoms with Gasteiger partial charge in [-0.3, -0.25) is 0 Å². The minimum atomic E-state index is -0.626. The Morgan fingerprint density at radius 3 is 2.62 bits per heavy atom. The number of hydrogen-bond donors (Lipinski definition) is 0. The molecule has 3 aliphatic heterocycles. The van der Waals surface area contributed by atoms with E-state index in [4.69, 9.17) is 19.4 Å². The molecule has 10 nitrogen and oxygen atoms in total. The van der Waals surface area contributed by atoms with Gasteiger partial charge in [0.05, 0.1) is 36.5 Å². The zero-order valence-electron chi connectivity index (χ0n) is 25.2. The Labute approximate surface area is 248 Å². The lowest BCUT2D eigenvalue weighted by Gasteiger charge is -2.42. The Hall–Kier alpha value is -3.65. The molecule has 0 bridgehead atoms. The van der Waals surface area contributed by atoms with Gasteiger partial charge in [-0.15, -0.1) is 0 Å². The third-order valence-electron chi connectivity index (χ3n) is 8.25. The average Bonchev–Trinajstić information content (AvgIpc) is 3.23. The molecule has 42 heavy (non-hydrogen) atoms. The normalized spacial score (nSPS) is 21.5. The van der Waals surface area contributed by atoms with E-state index >= 15 is 0 Å². The molecule has 2 fully saturated rings. The van der Waals surface area contributed by atoms with Crippen LogP contribution in [0.2, 0.25) is 0 Å². The van der Waals surface area contributed by atoms with Gasteiger partial charge in [-0.05, 0) is 72.2 Å². The number of para-hydroxylation sites is 1. The van der Waals surface area contributed by atoms with Crippen molar-refractivity contribution in [3.05, 3.63) is 41.3 Å². The first kappa shape index (κ1) is 29.8. The first-order chi connectivity index (χ1) is 20.1. The van der Waals surface area contributed by atoms with Crippen LogP contribution in [0.15, 0.2) is 24.3 Å². The standard InChI is InChI=1S/C31H42FN7O3/c1-31(2,3)42-30(40)39-18-17-38(19-22(39)13-14-33)28-24-10-8-16-37(27-12-6-5-11-25(27)32)20-26(24)34-29(35-28)41-21-23-9-7-15-36(23)4/h5-6,11-12,22-23H,7-10,13,15-21H2,1-4H3/t22?,23-/m0/s1. The molecule has 1 amide bonds. The molecule has 0 saturated carbocycles. The van der Waals surface area contributed by atoms with Crippen molar-refractivity contribution in [1.82, 2.24) is 19.8 Å². The lowest BCUT2D eigenvalue weighted by atomic mass is 10.1. The maximum absolute atomic E-state index is 14.8. The molecule has 0 aliphatic carbocycles. The van der Waals surface area contributed by atoms with Gasteiger partial charge in [0.2, 0.25) is 0 Å². The van der Waals surface area contributed by atoms with E-state index in [0.29, 0.717) is 57.1 Å². The molecule has 0 radical (unpaired) electrons. The maximum atomic E-state index is 14.8. The number of anilines is 2. The van der Waals surface area contributed by atoms with E-state index in [-0.39, 0.29) is 18.3 Å². The summed E-state index contributed by atoms with van der Waals surface area (Å²) in [5.41, 5.74) is 1.77. The number of carbonyl (C=O) groups is 1. The smallest absolute Gasteiger partial charge is 0.410 e. The van der Waals surface area contributed by atoms with Crippen molar-refractivity contribution in [2.24, 2.45) is 0 Å². The number of amides is 1. The lowest BCUT2D eigenvalue weighted by Crippen LogP contribution is -2.56. The molecule has 226 valence electrons. The minimum Gasteiger partial charge on any atom is -0.462 e. The molecule has 1 unspecified atom stereocenters. The summed E-state index contributed by atoms with van der Waals surface area (Å²) in [4.78, 5) is 31.0. The highest BCUT2D eigenvalue weighted by Crippen LogP contribution is 2.33. The lowest BCUT2D eigenvalue weighted by molar-refractivity contribution is 0.0144. The van der Waals surface area contributed by atoms with Gasteiger partial charge >= 0.3 is 12.1 Å². The fourth-order valence-electron chi connectivity index (χ4n) is 6.08. The molecule has 1 aromatic heterocycles. The van der Waals surface area contributed by atoms with Gasteiger partial charge < -0.3 is 29.1 Å². The summed E-state index contributed by atoms with van der Waals surface area (Å²) in [7, 11) is 2.11. The van der Waals surface area contributed by atoms with Gasteiger partial charge in [0.1, 0.15) is 23.8 Å². The Morgan fingerprint density at radius 2 is 1.90 bits per heavy atom. The fourth-order valence-corrected chi connectivity index (χ4v) is 6.08. The SMILES string of the molecule is CN1CCC[C@H]1COc1nc2c(c(N3CCN(C(=O)OC(C)(C)C)C(CC#N)C3)n1)CCCN(c1ccccc1F)C2.